The summed E-state index contributed by atoms with van der Waals surface area (Å²) in [4.78, 5) is 21.3. The zero-order valence-corrected chi connectivity index (χ0v) is 8.34. The van der Waals surface area contributed by atoms with Crippen LogP contribution in [0.3, 0.4) is 0 Å². The van der Waals surface area contributed by atoms with Crippen molar-refractivity contribution >= 4 is 33.4 Å². The molecule has 0 spiro atoms. The van der Waals surface area contributed by atoms with E-state index in [4.69, 9.17) is 10.8 Å². The molecule has 0 atom stereocenters. The minimum absolute atomic E-state index is 0.0805. The summed E-state index contributed by atoms with van der Waals surface area (Å²) in [5, 5.41) is 8.38. The zero-order valence-electron chi connectivity index (χ0n) is 6.75. The van der Waals surface area contributed by atoms with E-state index in [0.29, 0.717) is 0 Å². The van der Waals surface area contributed by atoms with Crippen molar-refractivity contribution in [3.63, 3.8) is 0 Å². The summed E-state index contributed by atoms with van der Waals surface area (Å²) in [6.45, 7) is 0. The largest absolute Gasteiger partial charge is 0.475 e. The fourth-order valence-corrected chi connectivity index (χ4v) is 1.23. The molecule has 74 valence electrons. The highest BCUT2D eigenvalue weighted by molar-refractivity contribution is 9.10. The van der Waals surface area contributed by atoms with Gasteiger partial charge in [0.05, 0.1) is 15.7 Å². The Morgan fingerprint density at radius 3 is 2.50 bits per heavy atom. The molecule has 0 bridgehead atoms. The quantitative estimate of drug-likeness (QED) is 0.480. The fraction of sp³-hybridized carbons (Fsp3) is 0. The Bertz CT molecular complexity index is 419. The van der Waals surface area contributed by atoms with Crippen molar-refractivity contribution < 1.29 is 19.1 Å². The number of nitrogen functional groups attached to an aromatic ring is 1. The monoisotopic (exact) mass is 261 g/mol. The molecule has 0 heterocycles. The molecule has 0 fully saturated rings. The molecule has 0 saturated carbocycles. The van der Waals surface area contributed by atoms with Crippen LogP contribution in [-0.2, 0) is 4.79 Å². The smallest absolute Gasteiger partial charge is 0.377 e. The van der Waals surface area contributed by atoms with Gasteiger partial charge in [0.2, 0.25) is 0 Å². The molecule has 1 rings (SSSR count). The second-order valence-corrected chi connectivity index (χ2v) is 3.31. The highest BCUT2D eigenvalue weighted by atomic mass is 79.9. The van der Waals surface area contributed by atoms with Crippen LogP contribution in [0.2, 0.25) is 0 Å². The lowest BCUT2D eigenvalue weighted by atomic mass is 10.1. The number of carbonyl (C=O) groups excluding carboxylic acids is 1. The van der Waals surface area contributed by atoms with Crippen LogP contribution in [0.15, 0.2) is 16.6 Å². The average molecular weight is 262 g/mol. The maximum absolute atomic E-state index is 13.1. The number of hydrogen-bond acceptors (Lipinski definition) is 3. The van der Waals surface area contributed by atoms with E-state index < -0.39 is 23.3 Å². The molecule has 0 aromatic heterocycles. The molecule has 0 aliphatic carbocycles. The van der Waals surface area contributed by atoms with Crippen LogP contribution < -0.4 is 5.73 Å². The minimum Gasteiger partial charge on any atom is -0.475 e. The van der Waals surface area contributed by atoms with Crippen LogP contribution in [0.25, 0.3) is 0 Å². The molecule has 1 aromatic rings. The standard InChI is InChI=1S/C8H5BrFNO3/c9-4-2-1-3(6(11)5(4)10)7(12)8(13)14/h1-2H,11H2,(H,13,14). The first-order valence-corrected chi connectivity index (χ1v) is 4.25. The Hall–Kier alpha value is -1.43. The van der Waals surface area contributed by atoms with Crippen molar-refractivity contribution in [3.05, 3.63) is 28.0 Å². The number of carboxylic acid groups (broad SMARTS) is 1. The van der Waals surface area contributed by atoms with Crippen molar-refractivity contribution in [2.24, 2.45) is 0 Å². The third kappa shape index (κ3) is 1.74. The highest BCUT2D eigenvalue weighted by Crippen LogP contribution is 2.24. The lowest BCUT2D eigenvalue weighted by Gasteiger charge is -2.03. The van der Waals surface area contributed by atoms with Gasteiger partial charge in [-0.15, -0.1) is 0 Å². The van der Waals surface area contributed by atoms with Crippen molar-refractivity contribution in [2.45, 2.75) is 0 Å². The van der Waals surface area contributed by atoms with Gasteiger partial charge in [0.25, 0.3) is 5.78 Å². The van der Waals surface area contributed by atoms with Gasteiger partial charge in [-0.3, -0.25) is 4.79 Å². The predicted octanol–water partition coefficient (Wildman–Crippen LogP) is 1.44. The van der Waals surface area contributed by atoms with Crippen LogP contribution in [0, 0.1) is 5.82 Å². The lowest BCUT2D eigenvalue weighted by Crippen LogP contribution is -2.15. The number of carbonyl (C=O) groups is 2. The molecule has 14 heavy (non-hydrogen) atoms. The Morgan fingerprint density at radius 2 is 2.00 bits per heavy atom. The minimum atomic E-state index is -1.67. The van der Waals surface area contributed by atoms with E-state index in [1.165, 1.54) is 6.07 Å². The van der Waals surface area contributed by atoms with E-state index in [1.807, 2.05) is 0 Å². The van der Waals surface area contributed by atoms with Gasteiger partial charge < -0.3 is 10.8 Å². The number of aliphatic carboxylic acids is 1. The van der Waals surface area contributed by atoms with Crippen molar-refractivity contribution in [3.8, 4) is 0 Å². The number of benzene rings is 1. The molecule has 6 heteroatoms. The summed E-state index contributed by atoms with van der Waals surface area (Å²) in [7, 11) is 0. The number of anilines is 1. The van der Waals surface area contributed by atoms with E-state index in [2.05, 4.69) is 15.9 Å². The van der Waals surface area contributed by atoms with Gasteiger partial charge in [0.15, 0.2) is 5.82 Å². The number of carboxylic acids is 1. The van der Waals surface area contributed by atoms with Crippen molar-refractivity contribution in [2.75, 3.05) is 5.73 Å². The molecule has 0 amide bonds. The summed E-state index contributed by atoms with van der Waals surface area (Å²) in [6, 6.07) is 2.38. The van der Waals surface area contributed by atoms with Crippen LogP contribution >= 0.6 is 15.9 Å². The summed E-state index contributed by atoms with van der Waals surface area (Å²) >= 11 is 2.85. The predicted molar refractivity (Wildman–Crippen MR) is 50.5 cm³/mol. The summed E-state index contributed by atoms with van der Waals surface area (Å²) in [6.07, 6.45) is 0. The molecule has 3 N–H and O–H groups in total. The number of Topliss-reactive ketones (excluding diaryl/α,β-unsaturated/α-hetero) is 1. The Morgan fingerprint density at radius 1 is 1.43 bits per heavy atom. The molecule has 0 unspecified atom stereocenters. The van der Waals surface area contributed by atoms with E-state index >= 15 is 0 Å². The third-order valence-corrected chi connectivity index (χ3v) is 2.18. The van der Waals surface area contributed by atoms with E-state index in [1.54, 1.807) is 0 Å². The topological polar surface area (TPSA) is 80.4 Å². The Balaban J connectivity index is 3.31. The van der Waals surface area contributed by atoms with Gasteiger partial charge in [-0.25, -0.2) is 9.18 Å². The fourth-order valence-electron chi connectivity index (χ4n) is 0.880. The number of halogens is 2. The van der Waals surface area contributed by atoms with Crippen molar-refractivity contribution in [1.82, 2.24) is 0 Å². The summed E-state index contributed by atoms with van der Waals surface area (Å²) in [5.41, 5.74) is 4.42. The normalized spacial score (nSPS) is 9.86. The van der Waals surface area contributed by atoms with E-state index in [9.17, 15) is 14.0 Å². The van der Waals surface area contributed by atoms with Crippen LogP contribution in [0.1, 0.15) is 10.4 Å². The third-order valence-electron chi connectivity index (χ3n) is 1.57. The molecule has 0 radical (unpaired) electrons. The number of ketones is 1. The highest BCUT2D eigenvalue weighted by Gasteiger charge is 2.20. The van der Waals surface area contributed by atoms with Gasteiger partial charge >= 0.3 is 5.97 Å². The second kappa shape index (κ2) is 3.75. The molecule has 0 aliphatic heterocycles. The van der Waals surface area contributed by atoms with Gasteiger partial charge in [0.1, 0.15) is 0 Å². The van der Waals surface area contributed by atoms with Gasteiger partial charge in [-0.1, -0.05) is 0 Å². The molecular formula is C8H5BrFNO3. The van der Waals surface area contributed by atoms with E-state index in [-0.39, 0.29) is 10.0 Å². The lowest BCUT2D eigenvalue weighted by molar-refractivity contribution is -0.131. The van der Waals surface area contributed by atoms with Gasteiger partial charge in [0, 0.05) is 0 Å². The number of nitrogens with two attached hydrogens (primary N) is 1. The molecule has 1 aromatic carbocycles. The average Bonchev–Trinajstić information content (AvgIpc) is 2.13. The van der Waals surface area contributed by atoms with Gasteiger partial charge in [-0.2, -0.15) is 0 Å². The van der Waals surface area contributed by atoms with Crippen LogP contribution in [0.5, 0.6) is 0 Å². The van der Waals surface area contributed by atoms with Gasteiger partial charge in [-0.05, 0) is 28.1 Å². The Kier molecular flexibility index (Phi) is 2.85. The maximum atomic E-state index is 13.1. The molecule has 4 nitrogen and oxygen atoms in total. The maximum Gasteiger partial charge on any atom is 0.377 e. The number of hydrogen-bond donors (Lipinski definition) is 2. The van der Waals surface area contributed by atoms with E-state index in [0.717, 1.165) is 6.07 Å². The first-order valence-electron chi connectivity index (χ1n) is 3.46. The molecule has 0 aliphatic rings. The first kappa shape index (κ1) is 10.6. The summed E-state index contributed by atoms with van der Waals surface area (Å²) < 4.78 is 13.2. The second-order valence-electron chi connectivity index (χ2n) is 2.46. The number of rotatable bonds is 2. The van der Waals surface area contributed by atoms with Crippen LogP contribution in [-0.4, -0.2) is 16.9 Å². The Labute approximate surface area is 86.7 Å². The molecular weight excluding hydrogens is 257 g/mol. The first-order chi connectivity index (χ1) is 6.45. The van der Waals surface area contributed by atoms with Crippen molar-refractivity contribution in [1.29, 1.82) is 0 Å². The summed E-state index contributed by atoms with van der Waals surface area (Å²) in [5.74, 6) is -3.73. The SMILES string of the molecule is Nc1c(C(=O)C(=O)O)ccc(Br)c1F. The zero-order chi connectivity index (χ0) is 10.9. The van der Waals surface area contributed by atoms with Crippen LogP contribution in [0.4, 0.5) is 10.1 Å². The molecule has 0 saturated heterocycles.